The van der Waals surface area contributed by atoms with Gasteiger partial charge in [-0.05, 0) is 30.3 Å². The van der Waals surface area contributed by atoms with E-state index in [2.05, 4.69) is 4.98 Å². The number of H-pyrrole nitrogens is 1. The number of benzene rings is 2. The molecule has 0 bridgehead atoms. The molecule has 1 aromatic heterocycles. The van der Waals surface area contributed by atoms with Crippen LogP contribution in [0, 0.1) is 11.2 Å². The van der Waals surface area contributed by atoms with Gasteiger partial charge in [0.1, 0.15) is 5.82 Å². The molecule has 0 aliphatic carbocycles. The Hall–Kier alpha value is -3.41. The van der Waals surface area contributed by atoms with Crippen LogP contribution >= 0.6 is 0 Å². The van der Waals surface area contributed by atoms with Gasteiger partial charge < -0.3 is 10.1 Å². The van der Waals surface area contributed by atoms with Crippen LogP contribution in [0.2, 0.25) is 0 Å². The molecule has 2 aromatic carbocycles. The van der Waals surface area contributed by atoms with Crippen molar-refractivity contribution in [2.75, 3.05) is 4.90 Å². The van der Waals surface area contributed by atoms with Crippen molar-refractivity contribution in [3.63, 3.8) is 0 Å². The summed E-state index contributed by atoms with van der Waals surface area (Å²) in [5, 5.41) is 11.5. The summed E-state index contributed by atoms with van der Waals surface area (Å²) in [7, 11) is 0. The fourth-order valence-electron chi connectivity index (χ4n) is 3.72. The van der Waals surface area contributed by atoms with Crippen LogP contribution in [0.3, 0.4) is 0 Å². The lowest BCUT2D eigenvalue weighted by Gasteiger charge is -2.28. The van der Waals surface area contributed by atoms with E-state index in [1.54, 1.807) is 27.0 Å². The van der Waals surface area contributed by atoms with Gasteiger partial charge in [0.05, 0.1) is 11.6 Å². The molecule has 2 heterocycles. The maximum Gasteiger partial charge on any atom is 0.294 e. The summed E-state index contributed by atoms with van der Waals surface area (Å²) in [4.78, 5) is 30.8. The van der Waals surface area contributed by atoms with Gasteiger partial charge in [0.2, 0.25) is 0 Å². The number of hydrogen-bond donors (Lipinski definition) is 2. The molecule has 1 unspecified atom stereocenters. The van der Waals surface area contributed by atoms with E-state index >= 15 is 0 Å². The summed E-state index contributed by atoms with van der Waals surface area (Å²) in [6.45, 7) is 5.23. The minimum atomic E-state index is -0.823. The van der Waals surface area contributed by atoms with Crippen molar-refractivity contribution >= 4 is 28.3 Å². The Morgan fingerprint density at radius 2 is 1.76 bits per heavy atom. The third-order valence-electron chi connectivity index (χ3n) is 5.15. The van der Waals surface area contributed by atoms with Gasteiger partial charge in [-0.25, -0.2) is 4.39 Å². The standard InChI is InChI=1S/C23H21FN2O3/c1-23(2,3)21(28)18-19(16-12-25-17-7-5-4-6-15(16)17)26(22(29)20(18)27)14-10-8-13(24)9-11-14/h4-12,19,25,27H,1-3H3. The zero-order chi connectivity index (χ0) is 20.9. The predicted octanol–water partition coefficient (Wildman–Crippen LogP) is 4.82. The molecule has 1 aliphatic heterocycles. The first kappa shape index (κ1) is 18.9. The van der Waals surface area contributed by atoms with Crippen LogP contribution in [0.25, 0.3) is 10.9 Å². The van der Waals surface area contributed by atoms with Gasteiger partial charge >= 0.3 is 0 Å². The second kappa shape index (κ2) is 6.58. The molecule has 29 heavy (non-hydrogen) atoms. The summed E-state index contributed by atoms with van der Waals surface area (Å²) in [5.74, 6) is -2.00. The highest BCUT2D eigenvalue weighted by Crippen LogP contribution is 2.45. The second-order valence-electron chi connectivity index (χ2n) is 8.19. The number of halogens is 1. The molecular weight excluding hydrogens is 371 g/mol. The maximum absolute atomic E-state index is 13.5. The quantitative estimate of drug-likeness (QED) is 0.671. The Balaban J connectivity index is 1.96. The molecule has 148 valence electrons. The number of aromatic nitrogens is 1. The summed E-state index contributed by atoms with van der Waals surface area (Å²) in [6, 6.07) is 12.1. The first-order chi connectivity index (χ1) is 13.7. The number of hydrogen-bond acceptors (Lipinski definition) is 3. The minimum absolute atomic E-state index is 0.0524. The number of amides is 1. The lowest BCUT2D eigenvalue weighted by atomic mass is 9.82. The second-order valence-corrected chi connectivity index (χ2v) is 8.19. The van der Waals surface area contributed by atoms with Gasteiger partial charge in [0.25, 0.3) is 5.91 Å². The molecule has 0 fully saturated rings. The molecule has 0 saturated carbocycles. The van der Waals surface area contributed by atoms with E-state index in [9.17, 15) is 19.1 Å². The molecule has 4 rings (SSSR count). The lowest BCUT2D eigenvalue weighted by Crippen LogP contribution is -2.32. The van der Waals surface area contributed by atoms with Crippen molar-refractivity contribution in [1.29, 1.82) is 0 Å². The number of aliphatic hydroxyl groups is 1. The van der Waals surface area contributed by atoms with Crippen LogP contribution < -0.4 is 4.90 Å². The monoisotopic (exact) mass is 392 g/mol. The van der Waals surface area contributed by atoms with E-state index in [-0.39, 0.29) is 11.4 Å². The average Bonchev–Trinajstić information content (AvgIpc) is 3.21. The highest BCUT2D eigenvalue weighted by molar-refractivity contribution is 6.18. The summed E-state index contributed by atoms with van der Waals surface area (Å²) in [6.07, 6.45) is 1.74. The number of aromatic amines is 1. The van der Waals surface area contributed by atoms with Gasteiger partial charge in [-0.2, -0.15) is 0 Å². The average molecular weight is 392 g/mol. The van der Waals surface area contributed by atoms with E-state index in [4.69, 9.17) is 0 Å². The maximum atomic E-state index is 13.5. The van der Waals surface area contributed by atoms with E-state index in [0.717, 1.165) is 10.9 Å². The zero-order valence-electron chi connectivity index (χ0n) is 16.4. The predicted molar refractivity (Wildman–Crippen MR) is 109 cm³/mol. The molecule has 0 spiro atoms. The summed E-state index contributed by atoms with van der Waals surface area (Å²) < 4.78 is 13.5. The fourth-order valence-corrected chi connectivity index (χ4v) is 3.72. The Labute approximate surface area is 167 Å². The highest BCUT2D eigenvalue weighted by atomic mass is 19.1. The van der Waals surface area contributed by atoms with Gasteiger partial charge in [-0.1, -0.05) is 39.0 Å². The lowest BCUT2D eigenvalue weighted by molar-refractivity contribution is -0.123. The first-order valence-corrected chi connectivity index (χ1v) is 9.33. The van der Waals surface area contributed by atoms with Crippen molar-refractivity contribution in [3.05, 3.63) is 77.4 Å². The molecule has 1 aliphatic rings. The number of aliphatic hydroxyl groups excluding tert-OH is 1. The summed E-state index contributed by atoms with van der Waals surface area (Å²) >= 11 is 0. The molecule has 5 nitrogen and oxygen atoms in total. The topological polar surface area (TPSA) is 73.4 Å². The Morgan fingerprint density at radius 1 is 1.10 bits per heavy atom. The Morgan fingerprint density at radius 3 is 2.41 bits per heavy atom. The SMILES string of the molecule is CC(C)(C)C(=O)C1=C(O)C(=O)N(c2ccc(F)cc2)C1c1c[nH]c2ccccc12. The van der Waals surface area contributed by atoms with Crippen LogP contribution in [0.5, 0.6) is 0 Å². The van der Waals surface area contributed by atoms with E-state index in [1.807, 2.05) is 24.3 Å². The van der Waals surface area contributed by atoms with Crippen molar-refractivity contribution in [3.8, 4) is 0 Å². The largest absolute Gasteiger partial charge is 0.503 e. The number of ketones is 1. The summed E-state index contributed by atoms with van der Waals surface area (Å²) in [5.41, 5.74) is 1.19. The number of rotatable bonds is 3. The van der Waals surface area contributed by atoms with E-state index in [0.29, 0.717) is 11.3 Å². The number of para-hydroxylation sites is 1. The number of carbonyl (C=O) groups is 2. The van der Waals surface area contributed by atoms with E-state index in [1.165, 1.54) is 29.2 Å². The van der Waals surface area contributed by atoms with Crippen molar-refractivity contribution in [2.45, 2.75) is 26.8 Å². The number of nitrogens with zero attached hydrogens (tertiary/aromatic N) is 1. The van der Waals surface area contributed by atoms with Gasteiger partial charge in [-0.3, -0.25) is 14.5 Å². The Bertz CT molecular complexity index is 1150. The molecule has 1 atom stereocenters. The molecule has 6 heteroatoms. The van der Waals surface area contributed by atoms with Crippen LogP contribution in [-0.2, 0) is 9.59 Å². The number of Topliss-reactive ketones (excluding diaryl/α,β-unsaturated/α-hetero) is 1. The van der Waals surface area contributed by atoms with Gasteiger partial charge in [0.15, 0.2) is 11.5 Å². The number of anilines is 1. The minimum Gasteiger partial charge on any atom is -0.503 e. The molecule has 1 amide bonds. The Kier molecular flexibility index (Phi) is 4.30. The van der Waals surface area contributed by atoms with Crippen molar-refractivity contribution in [2.24, 2.45) is 5.41 Å². The smallest absolute Gasteiger partial charge is 0.294 e. The molecule has 2 N–H and O–H groups in total. The van der Waals surface area contributed by atoms with Crippen molar-refractivity contribution < 1.29 is 19.1 Å². The van der Waals surface area contributed by atoms with Crippen LogP contribution in [0.4, 0.5) is 10.1 Å². The zero-order valence-corrected chi connectivity index (χ0v) is 16.4. The number of nitrogens with one attached hydrogen (secondary N) is 1. The number of fused-ring (bicyclic) bond motifs is 1. The van der Waals surface area contributed by atoms with E-state index < -0.39 is 28.9 Å². The molecule has 0 radical (unpaired) electrons. The van der Waals surface area contributed by atoms with Crippen molar-refractivity contribution in [1.82, 2.24) is 4.98 Å². The van der Waals surface area contributed by atoms with Crippen LogP contribution in [0.15, 0.2) is 66.1 Å². The first-order valence-electron chi connectivity index (χ1n) is 9.33. The van der Waals surface area contributed by atoms with Crippen LogP contribution in [-0.4, -0.2) is 21.8 Å². The molecule has 0 saturated heterocycles. The fraction of sp³-hybridized carbons (Fsp3) is 0.217. The third-order valence-corrected chi connectivity index (χ3v) is 5.15. The number of carbonyl (C=O) groups excluding carboxylic acids is 2. The van der Waals surface area contributed by atoms with Gasteiger partial charge in [0, 0.05) is 33.8 Å². The highest BCUT2D eigenvalue weighted by Gasteiger charge is 2.47. The van der Waals surface area contributed by atoms with Gasteiger partial charge in [-0.15, -0.1) is 0 Å². The molecule has 3 aromatic rings. The normalized spacial score (nSPS) is 17.4. The van der Waals surface area contributed by atoms with Crippen LogP contribution in [0.1, 0.15) is 32.4 Å². The molecular formula is C23H21FN2O3. The third kappa shape index (κ3) is 3.01.